The molecular weight excluding hydrogens is 190 g/mol. The predicted octanol–water partition coefficient (Wildman–Crippen LogP) is -0.149. The Morgan fingerprint density at radius 2 is 1.71 bits per heavy atom. The summed E-state index contributed by atoms with van der Waals surface area (Å²) in [7, 11) is 0. The van der Waals surface area contributed by atoms with Gasteiger partial charge in [-0.3, -0.25) is 10.0 Å². The topological polar surface area (TPSA) is 110 Å². The van der Waals surface area contributed by atoms with Crippen LogP contribution in [0.25, 0.3) is 0 Å². The van der Waals surface area contributed by atoms with Gasteiger partial charge in [-0.15, -0.1) is 0 Å². The largest absolute Gasteiger partial charge is 0.504 e. The van der Waals surface area contributed by atoms with Crippen LogP contribution in [-0.4, -0.2) is 26.4 Å². The van der Waals surface area contributed by atoms with Crippen LogP contribution in [0.4, 0.5) is 0 Å². The highest BCUT2D eigenvalue weighted by Gasteiger charge is 2.10. The van der Waals surface area contributed by atoms with Gasteiger partial charge in [-0.05, 0) is 17.7 Å². The number of amides is 1. The number of rotatable bonds is 2. The van der Waals surface area contributed by atoms with Crippen LogP contribution in [0, 0.1) is 0 Å². The van der Waals surface area contributed by atoms with Crippen molar-refractivity contribution < 1.29 is 25.3 Å². The molecule has 5 N–H and O–H groups in total. The Labute approximate surface area is 79.0 Å². The van der Waals surface area contributed by atoms with Crippen molar-refractivity contribution in [2.45, 2.75) is 6.42 Å². The molecule has 0 aliphatic heterocycles. The molecule has 6 heteroatoms. The summed E-state index contributed by atoms with van der Waals surface area (Å²) in [4.78, 5) is 10.7. The van der Waals surface area contributed by atoms with E-state index in [0.29, 0.717) is 0 Å². The average molecular weight is 199 g/mol. The minimum Gasteiger partial charge on any atom is -0.504 e. The molecule has 0 fully saturated rings. The fourth-order valence-corrected chi connectivity index (χ4v) is 0.988. The van der Waals surface area contributed by atoms with Crippen LogP contribution in [0.15, 0.2) is 12.1 Å². The number of carbonyl (C=O) groups is 1. The van der Waals surface area contributed by atoms with E-state index < -0.39 is 23.2 Å². The highest BCUT2D eigenvalue weighted by Crippen LogP contribution is 2.35. The van der Waals surface area contributed by atoms with Crippen LogP contribution in [0.5, 0.6) is 17.2 Å². The lowest BCUT2D eigenvalue weighted by molar-refractivity contribution is -0.128. The molecule has 0 aliphatic carbocycles. The number of aromatic hydroxyl groups is 3. The molecule has 1 aromatic carbocycles. The third kappa shape index (κ3) is 2.05. The normalized spacial score (nSPS) is 9.79. The van der Waals surface area contributed by atoms with Crippen molar-refractivity contribution in [1.82, 2.24) is 5.48 Å². The quantitative estimate of drug-likeness (QED) is 0.258. The maximum absolute atomic E-state index is 10.7. The van der Waals surface area contributed by atoms with Gasteiger partial charge in [0, 0.05) is 0 Å². The standard InChI is InChI=1S/C8H9NO5/c10-5-1-4(3-7(12)9-14)2-6(11)8(5)13/h1-2,10-11,13-14H,3H2,(H,9,12). The number of nitrogens with one attached hydrogen (secondary N) is 1. The summed E-state index contributed by atoms with van der Waals surface area (Å²) >= 11 is 0. The van der Waals surface area contributed by atoms with Crippen molar-refractivity contribution in [3.63, 3.8) is 0 Å². The molecule has 1 aromatic rings. The number of hydroxylamine groups is 1. The third-order valence-electron chi connectivity index (χ3n) is 1.62. The molecule has 0 spiro atoms. The molecule has 0 radical (unpaired) electrons. The summed E-state index contributed by atoms with van der Waals surface area (Å²) in [6.07, 6.45) is -0.210. The van der Waals surface area contributed by atoms with Crippen molar-refractivity contribution >= 4 is 5.91 Å². The number of phenols is 3. The first-order valence-corrected chi connectivity index (χ1v) is 3.71. The van der Waals surface area contributed by atoms with E-state index in [2.05, 4.69) is 0 Å². The second-order valence-corrected chi connectivity index (χ2v) is 2.69. The zero-order valence-corrected chi connectivity index (χ0v) is 7.06. The monoisotopic (exact) mass is 199 g/mol. The van der Waals surface area contributed by atoms with Gasteiger partial charge in [-0.25, -0.2) is 5.48 Å². The molecule has 1 rings (SSSR count). The lowest BCUT2D eigenvalue weighted by atomic mass is 10.1. The van der Waals surface area contributed by atoms with Gasteiger partial charge in [0.1, 0.15) is 0 Å². The van der Waals surface area contributed by atoms with Gasteiger partial charge in [0.15, 0.2) is 17.2 Å². The first kappa shape index (κ1) is 10.1. The second-order valence-electron chi connectivity index (χ2n) is 2.69. The SMILES string of the molecule is O=C(Cc1cc(O)c(O)c(O)c1)NO. The fraction of sp³-hybridized carbons (Fsp3) is 0.125. The fourth-order valence-electron chi connectivity index (χ4n) is 0.988. The molecule has 0 aromatic heterocycles. The predicted molar refractivity (Wildman–Crippen MR) is 45.1 cm³/mol. The van der Waals surface area contributed by atoms with Crippen LogP contribution in [-0.2, 0) is 11.2 Å². The van der Waals surface area contributed by atoms with Gasteiger partial charge in [-0.1, -0.05) is 0 Å². The summed E-state index contributed by atoms with van der Waals surface area (Å²) in [5.41, 5.74) is 1.67. The highest BCUT2D eigenvalue weighted by atomic mass is 16.5. The Hall–Kier alpha value is -1.95. The van der Waals surface area contributed by atoms with Crippen LogP contribution in [0.1, 0.15) is 5.56 Å². The second kappa shape index (κ2) is 3.84. The lowest BCUT2D eigenvalue weighted by Gasteiger charge is -2.04. The van der Waals surface area contributed by atoms with Gasteiger partial charge in [-0.2, -0.15) is 0 Å². The molecule has 0 atom stereocenters. The van der Waals surface area contributed by atoms with E-state index >= 15 is 0 Å². The molecule has 6 nitrogen and oxygen atoms in total. The zero-order chi connectivity index (χ0) is 10.7. The lowest BCUT2D eigenvalue weighted by Crippen LogP contribution is -2.20. The number of carbonyl (C=O) groups excluding carboxylic acids is 1. The van der Waals surface area contributed by atoms with Crippen molar-refractivity contribution in [2.75, 3.05) is 0 Å². The minimum absolute atomic E-state index is 0.210. The molecule has 76 valence electrons. The van der Waals surface area contributed by atoms with Gasteiger partial charge >= 0.3 is 0 Å². The summed E-state index contributed by atoms with van der Waals surface area (Å²) in [6.45, 7) is 0. The summed E-state index contributed by atoms with van der Waals surface area (Å²) in [5.74, 6) is -2.37. The molecule has 14 heavy (non-hydrogen) atoms. The molecule has 0 heterocycles. The Kier molecular flexibility index (Phi) is 2.78. The Morgan fingerprint density at radius 3 is 2.14 bits per heavy atom. The first-order valence-electron chi connectivity index (χ1n) is 3.71. The summed E-state index contributed by atoms with van der Waals surface area (Å²) in [5, 5.41) is 35.3. The number of phenolic OH excluding ortho intramolecular Hbond substituents is 3. The Morgan fingerprint density at radius 1 is 1.21 bits per heavy atom. The van der Waals surface area contributed by atoms with Crippen molar-refractivity contribution in [3.8, 4) is 17.2 Å². The molecule has 1 amide bonds. The molecular formula is C8H9NO5. The van der Waals surface area contributed by atoms with Crippen LogP contribution < -0.4 is 5.48 Å². The van der Waals surface area contributed by atoms with Crippen LogP contribution in [0.3, 0.4) is 0 Å². The Balaban J connectivity index is 2.95. The summed E-state index contributed by atoms with van der Waals surface area (Å²) < 4.78 is 0. The van der Waals surface area contributed by atoms with Gasteiger partial charge in [0.05, 0.1) is 6.42 Å². The van der Waals surface area contributed by atoms with Gasteiger partial charge in [0.25, 0.3) is 0 Å². The minimum atomic E-state index is -0.686. The van der Waals surface area contributed by atoms with E-state index in [9.17, 15) is 4.79 Å². The molecule has 0 saturated carbocycles. The molecule has 0 saturated heterocycles. The maximum Gasteiger partial charge on any atom is 0.247 e. The Bertz CT molecular complexity index is 340. The van der Waals surface area contributed by atoms with E-state index in [-0.39, 0.29) is 12.0 Å². The number of hydrogen-bond acceptors (Lipinski definition) is 5. The van der Waals surface area contributed by atoms with Gasteiger partial charge in [0.2, 0.25) is 5.91 Å². The van der Waals surface area contributed by atoms with E-state index in [0.717, 1.165) is 12.1 Å². The third-order valence-corrected chi connectivity index (χ3v) is 1.62. The van der Waals surface area contributed by atoms with E-state index in [4.69, 9.17) is 20.5 Å². The van der Waals surface area contributed by atoms with Crippen molar-refractivity contribution in [1.29, 1.82) is 0 Å². The van der Waals surface area contributed by atoms with Crippen LogP contribution in [0.2, 0.25) is 0 Å². The number of benzene rings is 1. The summed E-state index contributed by atoms with van der Waals surface area (Å²) in [6, 6.07) is 2.23. The zero-order valence-electron chi connectivity index (χ0n) is 7.06. The van der Waals surface area contributed by atoms with Crippen molar-refractivity contribution in [2.24, 2.45) is 0 Å². The smallest absolute Gasteiger partial charge is 0.247 e. The average Bonchev–Trinajstić information content (AvgIpc) is 2.14. The van der Waals surface area contributed by atoms with Crippen molar-refractivity contribution in [3.05, 3.63) is 17.7 Å². The molecule has 0 bridgehead atoms. The van der Waals surface area contributed by atoms with Gasteiger partial charge < -0.3 is 15.3 Å². The number of hydrogen-bond donors (Lipinski definition) is 5. The first-order chi connectivity index (χ1) is 6.54. The van der Waals surface area contributed by atoms with E-state index in [1.165, 1.54) is 5.48 Å². The molecule has 0 aliphatic rings. The maximum atomic E-state index is 10.7. The van der Waals surface area contributed by atoms with Crippen LogP contribution >= 0.6 is 0 Å². The highest BCUT2D eigenvalue weighted by molar-refractivity contribution is 5.77. The molecule has 0 unspecified atom stereocenters. The van der Waals surface area contributed by atoms with E-state index in [1.807, 2.05) is 0 Å². The van der Waals surface area contributed by atoms with E-state index in [1.54, 1.807) is 0 Å².